The molecular weight excluding hydrogens is 315 g/mol. The van der Waals surface area contributed by atoms with Gasteiger partial charge in [0.25, 0.3) is 0 Å². The second kappa shape index (κ2) is 6.28. The molecule has 90 valence electrons. The molecule has 0 saturated carbocycles. The van der Waals surface area contributed by atoms with Crippen molar-refractivity contribution in [2.75, 3.05) is 7.11 Å². The zero-order chi connectivity index (χ0) is 12.9. The summed E-state index contributed by atoms with van der Waals surface area (Å²) < 4.78 is 6.65. The van der Waals surface area contributed by atoms with E-state index < -0.39 is 18.4 Å². The number of hydrogen-bond donors (Lipinski definition) is 0. The van der Waals surface area contributed by atoms with Gasteiger partial charge < -0.3 is 0 Å². The summed E-state index contributed by atoms with van der Waals surface area (Å²) in [6, 6.07) is 9.97. The zero-order valence-electron chi connectivity index (χ0n) is 11.1. The maximum absolute atomic E-state index is 5.44. The van der Waals surface area contributed by atoms with Gasteiger partial charge in [-0.25, -0.2) is 0 Å². The summed E-state index contributed by atoms with van der Waals surface area (Å²) in [5.74, 6) is 6.32. The van der Waals surface area contributed by atoms with Gasteiger partial charge in [0, 0.05) is 0 Å². The molecule has 0 heterocycles. The van der Waals surface area contributed by atoms with Gasteiger partial charge in [0.15, 0.2) is 0 Å². The zero-order valence-corrected chi connectivity index (χ0v) is 13.9. The van der Waals surface area contributed by atoms with Crippen molar-refractivity contribution in [2.45, 2.75) is 20.9 Å². The van der Waals surface area contributed by atoms with Crippen LogP contribution in [0.4, 0.5) is 0 Å². The SMILES string of the molecule is C=[C](C(C#Cc1ccccc1)OC)[Sn]([CH3])([CH3])[CH3]. The molecule has 1 unspecified atom stereocenters. The Morgan fingerprint density at radius 3 is 2.29 bits per heavy atom. The van der Waals surface area contributed by atoms with Crippen molar-refractivity contribution >= 4 is 18.4 Å². The Morgan fingerprint density at radius 2 is 1.82 bits per heavy atom. The van der Waals surface area contributed by atoms with Crippen LogP contribution in [-0.2, 0) is 4.74 Å². The molecule has 0 radical (unpaired) electrons. The molecule has 0 amide bonds. The monoisotopic (exact) mass is 336 g/mol. The second-order valence-electron chi connectivity index (χ2n) is 5.03. The van der Waals surface area contributed by atoms with E-state index in [2.05, 4.69) is 33.2 Å². The predicted molar refractivity (Wildman–Crippen MR) is 76.6 cm³/mol. The van der Waals surface area contributed by atoms with Crippen LogP contribution in [0.25, 0.3) is 0 Å². The van der Waals surface area contributed by atoms with Gasteiger partial charge in [-0.15, -0.1) is 0 Å². The van der Waals surface area contributed by atoms with Crippen LogP contribution in [0.3, 0.4) is 0 Å². The Morgan fingerprint density at radius 1 is 1.24 bits per heavy atom. The minimum atomic E-state index is -2.13. The van der Waals surface area contributed by atoms with Gasteiger partial charge in [-0.3, -0.25) is 0 Å². The second-order valence-corrected chi connectivity index (χ2v) is 19.7. The molecule has 0 bridgehead atoms. The minimum absolute atomic E-state index is 0.119. The Hall–Kier alpha value is -0.721. The Kier molecular flexibility index (Phi) is 5.29. The molecule has 1 atom stereocenters. The first-order valence-corrected chi connectivity index (χ1v) is 15.7. The van der Waals surface area contributed by atoms with Crippen LogP contribution in [-0.4, -0.2) is 31.6 Å². The molecule has 1 aromatic carbocycles. The van der Waals surface area contributed by atoms with Crippen molar-refractivity contribution in [1.29, 1.82) is 0 Å². The molecule has 17 heavy (non-hydrogen) atoms. The van der Waals surface area contributed by atoms with Crippen molar-refractivity contribution in [2.24, 2.45) is 0 Å². The van der Waals surface area contributed by atoms with Crippen LogP contribution in [0.2, 0.25) is 14.8 Å². The van der Waals surface area contributed by atoms with E-state index >= 15 is 0 Å². The van der Waals surface area contributed by atoms with Crippen LogP contribution in [0, 0.1) is 11.8 Å². The average molecular weight is 335 g/mol. The number of rotatable bonds is 3. The summed E-state index contributed by atoms with van der Waals surface area (Å²) in [5, 5.41) is 0. The van der Waals surface area contributed by atoms with Crippen molar-refractivity contribution in [1.82, 2.24) is 0 Å². The van der Waals surface area contributed by atoms with Gasteiger partial charge in [0.05, 0.1) is 0 Å². The molecule has 0 aliphatic rings. The van der Waals surface area contributed by atoms with Gasteiger partial charge in [-0.2, -0.15) is 0 Å². The molecule has 0 aliphatic carbocycles. The topological polar surface area (TPSA) is 9.23 Å². The van der Waals surface area contributed by atoms with Crippen molar-refractivity contribution in [3.63, 3.8) is 0 Å². The fourth-order valence-corrected chi connectivity index (χ4v) is 4.14. The van der Waals surface area contributed by atoms with Gasteiger partial charge in [-0.1, -0.05) is 0 Å². The van der Waals surface area contributed by atoms with Crippen LogP contribution in [0.5, 0.6) is 0 Å². The summed E-state index contributed by atoms with van der Waals surface area (Å²) >= 11 is -2.13. The van der Waals surface area contributed by atoms with E-state index in [0.717, 1.165) is 5.56 Å². The first kappa shape index (κ1) is 14.3. The fourth-order valence-electron chi connectivity index (χ4n) is 1.35. The number of methoxy groups -OCH3 is 1. The van der Waals surface area contributed by atoms with Crippen LogP contribution >= 0.6 is 0 Å². The van der Waals surface area contributed by atoms with Crippen molar-refractivity contribution < 1.29 is 4.74 Å². The summed E-state index contributed by atoms with van der Waals surface area (Å²) in [6.45, 7) is 4.18. The van der Waals surface area contributed by atoms with E-state index in [4.69, 9.17) is 4.74 Å². The third kappa shape index (κ3) is 4.57. The predicted octanol–water partition coefficient (Wildman–Crippen LogP) is 3.49. The normalized spacial score (nSPS) is 12.5. The van der Waals surface area contributed by atoms with Crippen molar-refractivity contribution in [3.8, 4) is 11.8 Å². The van der Waals surface area contributed by atoms with E-state index in [1.54, 1.807) is 7.11 Å². The van der Waals surface area contributed by atoms with Gasteiger partial charge in [-0.05, 0) is 0 Å². The molecule has 0 N–H and O–H groups in total. The summed E-state index contributed by atoms with van der Waals surface area (Å²) in [6.07, 6.45) is -0.119. The Labute approximate surface area is 109 Å². The standard InChI is InChI=1S/C12H11O.3CH3.Sn/c1-3-12(13-2)10-9-11-7-5-4-6-8-11;;;;/h4-8,12H,1H2,2H3;3*1H3;. The van der Waals surface area contributed by atoms with Crippen LogP contribution in [0.15, 0.2) is 40.5 Å². The maximum atomic E-state index is 5.44. The molecular formula is C15H20OSn. The number of benzene rings is 1. The number of ether oxygens (including phenoxy) is 1. The molecule has 0 aliphatic heterocycles. The Bertz CT molecular complexity index is 431. The third-order valence-electron chi connectivity index (χ3n) is 2.64. The first-order chi connectivity index (χ1) is 7.95. The third-order valence-corrected chi connectivity index (χ3v) is 8.88. The van der Waals surface area contributed by atoms with Crippen molar-refractivity contribution in [3.05, 3.63) is 46.1 Å². The molecule has 2 heteroatoms. The van der Waals surface area contributed by atoms with E-state index in [0.29, 0.717) is 0 Å². The Balaban J connectivity index is 2.85. The quantitative estimate of drug-likeness (QED) is 0.607. The van der Waals surface area contributed by atoms with Gasteiger partial charge >= 0.3 is 109 Å². The molecule has 0 aromatic heterocycles. The van der Waals surface area contributed by atoms with E-state index in [-0.39, 0.29) is 6.10 Å². The molecule has 1 aromatic rings. The van der Waals surface area contributed by atoms with Crippen LogP contribution in [0.1, 0.15) is 5.56 Å². The van der Waals surface area contributed by atoms with E-state index in [1.807, 2.05) is 30.3 Å². The summed E-state index contributed by atoms with van der Waals surface area (Å²) in [7, 11) is 1.70. The molecule has 0 fully saturated rings. The molecule has 0 saturated heterocycles. The first-order valence-electron chi connectivity index (χ1n) is 5.74. The average Bonchev–Trinajstić information content (AvgIpc) is 2.30. The van der Waals surface area contributed by atoms with Gasteiger partial charge in [0.1, 0.15) is 0 Å². The molecule has 0 spiro atoms. The molecule has 1 rings (SSSR count). The summed E-state index contributed by atoms with van der Waals surface area (Å²) in [4.78, 5) is 6.98. The van der Waals surface area contributed by atoms with E-state index in [9.17, 15) is 0 Å². The fraction of sp³-hybridized carbons (Fsp3) is 0.333. The van der Waals surface area contributed by atoms with Crippen LogP contribution < -0.4 is 0 Å². The van der Waals surface area contributed by atoms with E-state index in [1.165, 1.54) is 3.59 Å². The van der Waals surface area contributed by atoms with Gasteiger partial charge in [0.2, 0.25) is 0 Å². The number of hydrogen-bond acceptors (Lipinski definition) is 1. The summed E-state index contributed by atoms with van der Waals surface area (Å²) in [5.41, 5.74) is 1.02. The molecule has 1 nitrogen and oxygen atoms in total.